The molecule has 5 heterocycles. The molecule has 0 saturated carbocycles. The summed E-state index contributed by atoms with van der Waals surface area (Å²) in [5, 5.41) is 7.33. The van der Waals surface area contributed by atoms with Crippen molar-refractivity contribution in [2.24, 2.45) is 5.92 Å². The number of hydrogen-bond donors (Lipinski definition) is 2. The minimum Gasteiger partial charge on any atom is -0.355 e. The number of rotatable bonds is 6. The Hall–Kier alpha value is -3.20. The smallest absolute Gasteiger partial charge is 0.234 e. The van der Waals surface area contributed by atoms with Gasteiger partial charge in [0.25, 0.3) is 0 Å². The van der Waals surface area contributed by atoms with Gasteiger partial charge in [0, 0.05) is 55.6 Å². The van der Waals surface area contributed by atoms with Crippen molar-refractivity contribution < 1.29 is 4.79 Å². The van der Waals surface area contributed by atoms with Crippen molar-refractivity contribution in [1.29, 1.82) is 0 Å². The fourth-order valence-corrected chi connectivity index (χ4v) is 5.72. The Labute approximate surface area is 213 Å². The van der Waals surface area contributed by atoms with E-state index in [4.69, 9.17) is 4.98 Å². The number of fused-ring (bicyclic) bond motifs is 2. The zero-order chi connectivity index (χ0) is 25.6. The van der Waals surface area contributed by atoms with Crippen LogP contribution in [-0.2, 0) is 4.79 Å². The summed E-state index contributed by atoms with van der Waals surface area (Å²) in [4.78, 5) is 30.0. The topological polar surface area (TPSA) is 95.0 Å². The number of hydrogen-bond acceptors (Lipinski definition) is 6. The van der Waals surface area contributed by atoms with E-state index in [2.05, 4.69) is 83.1 Å². The minimum absolute atomic E-state index is 0.0951. The summed E-state index contributed by atoms with van der Waals surface area (Å²) < 4.78 is 1.91. The fourth-order valence-electron chi connectivity index (χ4n) is 5.72. The Morgan fingerprint density at radius 2 is 2.00 bits per heavy atom. The number of pyridine rings is 1. The van der Waals surface area contributed by atoms with Gasteiger partial charge in [-0.25, -0.2) is 14.6 Å². The molecular weight excluding hydrogens is 452 g/mol. The molecule has 0 spiro atoms. The molecule has 2 aliphatic heterocycles. The van der Waals surface area contributed by atoms with E-state index in [0.717, 1.165) is 48.0 Å². The van der Waals surface area contributed by atoms with Gasteiger partial charge in [-0.3, -0.25) is 9.69 Å². The molecule has 0 aliphatic carbocycles. The third-order valence-corrected chi connectivity index (χ3v) is 7.79. The summed E-state index contributed by atoms with van der Waals surface area (Å²) in [6, 6.07) is 4.56. The highest BCUT2D eigenvalue weighted by atomic mass is 16.2. The number of aromatic nitrogens is 5. The molecule has 36 heavy (non-hydrogen) atoms. The van der Waals surface area contributed by atoms with Crippen LogP contribution in [0.5, 0.6) is 0 Å². The third-order valence-electron chi connectivity index (χ3n) is 7.79. The van der Waals surface area contributed by atoms with Crippen LogP contribution in [0.25, 0.3) is 22.8 Å². The minimum atomic E-state index is 0.0951. The van der Waals surface area contributed by atoms with E-state index >= 15 is 0 Å². The molecule has 192 valence electrons. The Kier molecular flexibility index (Phi) is 6.59. The summed E-state index contributed by atoms with van der Waals surface area (Å²) in [6.07, 6.45) is 3.76. The molecule has 1 saturated heterocycles. The zero-order valence-electron chi connectivity index (χ0n) is 22.2. The molecule has 9 heteroatoms. The molecule has 9 nitrogen and oxygen atoms in total. The Balaban J connectivity index is 1.47. The van der Waals surface area contributed by atoms with Crippen molar-refractivity contribution in [2.75, 3.05) is 37.6 Å². The molecule has 0 aromatic carbocycles. The monoisotopic (exact) mass is 490 g/mol. The average molecular weight is 491 g/mol. The normalized spacial score (nSPS) is 22.7. The van der Waals surface area contributed by atoms with Gasteiger partial charge in [0.15, 0.2) is 0 Å². The van der Waals surface area contributed by atoms with E-state index in [-0.39, 0.29) is 17.9 Å². The lowest BCUT2D eigenvalue weighted by Gasteiger charge is -2.40. The van der Waals surface area contributed by atoms with Crippen LogP contribution >= 0.6 is 0 Å². The van der Waals surface area contributed by atoms with Gasteiger partial charge in [0.2, 0.25) is 5.91 Å². The first-order chi connectivity index (χ1) is 17.3. The van der Waals surface area contributed by atoms with Crippen LogP contribution in [0.1, 0.15) is 70.5 Å². The maximum Gasteiger partial charge on any atom is 0.234 e. The number of allylic oxidation sites excluding steroid dienone is 1. The van der Waals surface area contributed by atoms with Gasteiger partial charge in [-0.2, -0.15) is 5.10 Å². The maximum absolute atomic E-state index is 12.1. The predicted octanol–water partition coefficient (Wildman–Crippen LogP) is 3.68. The number of carbonyl (C=O) groups is 1. The second kappa shape index (κ2) is 9.69. The molecule has 2 N–H and O–H groups in total. The zero-order valence-corrected chi connectivity index (χ0v) is 22.2. The lowest BCUT2D eigenvalue weighted by atomic mass is 9.83. The van der Waals surface area contributed by atoms with Gasteiger partial charge >= 0.3 is 0 Å². The number of amides is 1. The fraction of sp³-hybridized carbons (Fsp3) is 0.556. The van der Waals surface area contributed by atoms with Crippen LogP contribution in [0.3, 0.4) is 0 Å². The van der Waals surface area contributed by atoms with Crippen molar-refractivity contribution in [3.8, 4) is 0 Å². The van der Waals surface area contributed by atoms with Crippen molar-refractivity contribution >= 4 is 34.5 Å². The molecule has 2 unspecified atom stereocenters. The first-order valence-corrected chi connectivity index (χ1v) is 13.2. The SMILES string of the molecule is CCNC(=O)CN1CCN(c2ccc3[nH]c(C4=Cn5ncnc5C(C)C4C)c(C(C)C)c3n2)[C@@H](C)C1. The number of anilines is 1. The van der Waals surface area contributed by atoms with E-state index in [1.807, 2.05) is 11.6 Å². The Bertz CT molecular complexity index is 1290. The molecule has 3 aromatic rings. The third kappa shape index (κ3) is 4.30. The van der Waals surface area contributed by atoms with Crippen molar-refractivity contribution in [3.05, 3.63) is 35.5 Å². The summed E-state index contributed by atoms with van der Waals surface area (Å²) in [6.45, 7) is 16.8. The highest BCUT2D eigenvalue weighted by molar-refractivity contribution is 5.91. The van der Waals surface area contributed by atoms with E-state index in [9.17, 15) is 4.79 Å². The summed E-state index contributed by atoms with van der Waals surface area (Å²) in [5.41, 5.74) is 5.76. The molecule has 5 rings (SSSR count). The highest BCUT2D eigenvalue weighted by Gasteiger charge is 2.32. The van der Waals surface area contributed by atoms with E-state index < -0.39 is 0 Å². The Morgan fingerprint density at radius 1 is 1.19 bits per heavy atom. The standard InChI is InChI=1S/C27H38N8O/c1-7-28-23(36)14-33-10-11-34(17(4)12-33)22-9-8-21-26(32-22)24(16(2)3)25(31-21)20-13-35-27(29-15-30-35)19(6)18(20)5/h8-9,13,15-19,31H,7,10-12,14H2,1-6H3,(H,28,36)/t17-,18?,19?/m0/s1. The van der Waals surface area contributed by atoms with E-state index in [1.165, 1.54) is 11.1 Å². The molecule has 3 aromatic heterocycles. The summed E-state index contributed by atoms with van der Waals surface area (Å²) in [5.74, 6) is 3.00. The summed E-state index contributed by atoms with van der Waals surface area (Å²) >= 11 is 0. The number of piperazine rings is 1. The van der Waals surface area contributed by atoms with Crippen LogP contribution in [-0.4, -0.2) is 74.3 Å². The van der Waals surface area contributed by atoms with Gasteiger partial charge in [-0.05, 0) is 43.4 Å². The van der Waals surface area contributed by atoms with Gasteiger partial charge < -0.3 is 15.2 Å². The number of aromatic amines is 1. The molecule has 0 radical (unpaired) electrons. The number of carbonyl (C=O) groups excluding carboxylic acids is 1. The first-order valence-electron chi connectivity index (χ1n) is 13.2. The van der Waals surface area contributed by atoms with E-state index in [0.29, 0.717) is 24.9 Å². The van der Waals surface area contributed by atoms with Crippen molar-refractivity contribution in [2.45, 2.75) is 59.4 Å². The average Bonchev–Trinajstić information content (AvgIpc) is 3.46. The maximum atomic E-state index is 12.1. The van der Waals surface area contributed by atoms with Crippen molar-refractivity contribution in [1.82, 2.24) is 34.9 Å². The van der Waals surface area contributed by atoms with Gasteiger partial charge in [-0.1, -0.05) is 27.7 Å². The molecule has 2 aliphatic rings. The second-order valence-corrected chi connectivity index (χ2v) is 10.6. The molecular formula is C27H38N8O. The second-order valence-electron chi connectivity index (χ2n) is 10.6. The molecule has 3 atom stereocenters. The van der Waals surface area contributed by atoms with Crippen LogP contribution in [0.15, 0.2) is 18.5 Å². The van der Waals surface area contributed by atoms with E-state index in [1.54, 1.807) is 6.33 Å². The van der Waals surface area contributed by atoms with Gasteiger partial charge in [0.1, 0.15) is 18.0 Å². The molecule has 1 fully saturated rings. The lowest BCUT2D eigenvalue weighted by Crippen LogP contribution is -2.54. The molecule has 0 bridgehead atoms. The largest absolute Gasteiger partial charge is 0.355 e. The Morgan fingerprint density at radius 3 is 2.72 bits per heavy atom. The van der Waals surface area contributed by atoms with Crippen molar-refractivity contribution in [3.63, 3.8) is 0 Å². The lowest BCUT2D eigenvalue weighted by molar-refractivity contribution is -0.122. The van der Waals surface area contributed by atoms with Gasteiger partial charge in [-0.15, -0.1) is 0 Å². The number of nitrogens with zero attached hydrogens (tertiary/aromatic N) is 6. The quantitative estimate of drug-likeness (QED) is 0.547. The number of H-pyrrole nitrogens is 1. The van der Waals surface area contributed by atoms with Crippen LogP contribution in [0, 0.1) is 5.92 Å². The van der Waals surface area contributed by atoms with Crippen LogP contribution in [0.4, 0.5) is 5.82 Å². The highest BCUT2D eigenvalue weighted by Crippen LogP contribution is 2.42. The predicted molar refractivity (Wildman–Crippen MR) is 144 cm³/mol. The summed E-state index contributed by atoms with van der Waals surface area (Å²) in [7, 11) is 0. The van der Waals surface area contributed by atoms with Crippen LogP contribution in [0.2, 0.25) is 0 Å². The number of likely N-dealkylation sites (N-methyl/N-ethyl adjacent to an activating group) is 1. The first kappa shape index (κ1) is 24.5. The molecule has 1 amide bonds. The van der Waals surface area contributed by atoms with Crippen LogP contribution < -0.4 is 10.2 Å². The number of nitrogens with one attached hydrogen (secondary N) is 2. The van der Waals surface area contributed by atoms with Gasteiger partial charge in [0.05, 0.1) is 17.6 Å².